The topological polar surface area (TPSA) is 42.2 Å². The maximum absolute atomic E-state index is 4.36. The Morgan fingerprint density at radius 1 is 1.62 bits per heavy atom. The molecule has 0 saturated heterocycles. The summed E-state index contributed by atoms with van der Waals surface area (Å²) in [5.41, 5.74) is 2.03. The van der Waals surface area contributed by atoms with Crippen molar-refractivity contribution in [1.82, 2.24) is 19.7 Å². The van der Waals surface area contributed by atoms with Gasteiger partial charge < -0.3 is 5.32 Å². The van der Waals surface area contributed by atoms with Gasteiger partial charge in [0.1, 0.15) is 0 Å². The second-order valence-corrected chi connectivity index (χ2v) is 3.40. The van der Waals surface area contributed by atoms with Crippen LogP contribution in [0.3, 0.4) is 0 Å². The van der Waals surface area contributed by atoms with Crippen molar-refractivity contribution < 1.29 is 0 Å². The van der Waals surface area contributed by atoms with Crippen LogP contribution in [-0.2, 0) is 6.54 Å². The maximum atomic E-state index is 4.36. The fourth-order valence-electron chi connectivity index (χ4n) is 1.26. The fraction of sp³-hybridized carbons (Fsp3) is 0.250. The van der Waals surface area contributed by atoms with E-state index in [1.165, 1.54) is 0 Å². The average Bonchev–Trinajstić information content (AvgIpc) is 2.46. The van der Waals surface area contributed by atoms with E-state index in [0.717, 1.165) is 22.5 Å². The van der Waals surface area contributed by atoms with Gasteiger partial charge in [-0.25, -0.2) is 4.98 Å². The number of imidazole rings is 1. The summed E-state index contributed by atoms with van der Waals surface area (Å²) in [5.74, 6) is 0. The Morgan fingerprint density at radius 3 is 3.23 bits per heavy atom. The summed E-state index contributed by atoms with van der Waals surface area (Å²) in [5, 5.41) is 3.07. The number of fused-ring (bicyclic) bond motifs is 1. The molecule has 2 rings (SSSR count). The Morgan fingerprint density at radius 2 is 2.46 bits per heavy atom. The van der Waals surface area contributed by atoms with E-state index < -0.39 is 0 Å². The highest BCUT2D eigenvalue weighted by atomic mass is 79.9. The molecule has 2 heterocycles. The van der Waals surface area contributed by atoms with Crippen molar-refractivity contribution in [2.75, 3.05) is 7.05 Å². The molecule has 2 aromatic rings. The molecule has 0 radical (unpaired) electrons. The molecular weight excluding hydrogens is 232 g/mol. The molecule has 5 heteroatoms. The van der Waals surface area contributed by atoms with E-state index in [4.69, 9.17) is 0 Å². The van der Waals surface area contributed by atoms with E-state index in [1.54, 1.807) is 6.20 Å². The van der Waals surface area contributed by atoms with Gasteiger partial charge in [-0.05, 0) is 23.0 Å². The highest BCUT2D eigenvalue weighted by Crippen LogP contribution is 2.15. The van der Waals surface area contributed by atoms with E-state index in [2.05, 4.69) is 31.2 Å². The smallest absolute Gasteiger partial charge is 0.182 e. The maximum Gasteiger partial charge on any atom is 0.182 e. The van der Waals surface area contributed by atoms with Gasteiger partial charge in [0, 0.05) is 18.9 Å². The number of nitrogens with zero attached hydrogens (tertiary/aromatic N) is 3. The second kappa shape index (κ2) is 3.43. The molecule has 0 spiro atoms. The third kappa shape index (κ3) is 1.45. The van der Waals surface area contributed by atoms with Gasteiger partial charge in [0.25, 0.3) is 0 Å². The van der Waals surface area contributed by atoms with Crippen molar-refractivity contribution in [3.8, 4) is 0 Å². The lowest BCUT2D eigenvalue weighted by Crippen LogP contribution is -2.05. The molecule has 1 N–H and O–H groups in total. The van der Waals surface area contributed by atoms with Gasteiger partial charge in [-0.2, -0.15) is 0 Å². The van der Waals surface area contributed by atoms with Crippen molar-refractivity contribution in [1.29, 1.82) is 0 Å². The van der Waals surface area contributed by atoms with Gasteiger partial charge in [-0.15, -0.1) is 0 Å². The second-order valence-electron chi connectivity index (χ2n) is 2.69. The normalized spacial score (nSPS) is 10.9. The van der Waals surface area contributed by atoms with Crippen LogP contribution < -0.4 is 5.32 Å². The van der Waals surface area contributed by atoms with E-state index >= 15 is 0 Å². The monoisotopic (exact) mass is 240 g/mol. The van der Waals surface area contributed by atoms with Crippen LogP contribution in [0.2, 0.25) is 0 Å². The van der Waals surface area contributed by atoms with E-state index in [0.29, 0.717) is 0 Å². The highest BCUT2D eigenvalue weighted by molar-refractivity contribution is 9.10. The van der Waals surface area contributed by atoms with Gasteiger partial charge in [0.2, 0.25) is 0 Å². The fourth-order valence-corrected chi connectivity index (χ4v) is 1.78. The molecule has 0 aliphatic heterocycles. The Bertz CT molecular complexity index is 423. The van der Waals surface area contributed by atoms with Crippen LogP contribution in [-0.4, -0.2) is 21.4 Å². The highest BCUT2D eigenvalue weighted by Gasteiger charge is 2.06. The number of rotatable bonds is 2. The predicted octanol–water partition coefficient (Wildman–Crippen LogP) is 1.21. The number of nitrogens with one attached hydrogen (secondary N) is 1. The Labute approximate surface area is 84.1 Å². The number of hydrogen-bond acceptors (Lipinski definition) is 3. The number of aromatic nitrogens is 3. The molecule has 0 amide bonds. The first kappa shape index (κ1) is 8.65. The summed E-state index contributed by atoms with van der Waals surface area (Å²) in [6.07, 6.45) is 5.43. The van der Waals surface area contributed by atoms with Crippen LogP contribution in [0.25, 0.3) is 5.52 Å². The van der Waals surface area contributed by atoms with Gasteiger partial charge >= 0.3 is 0 Å². The zero-order valence-electron chi connectivity index (χ0n) is 7.16. The van der Waals surface area contributed by atoms with Crippen LogP contribution in [0.4, 0.5) is 0 Å². The molecule has 0 fully saturated rings. The third-order valence-corrected chi connectivity index (χ3v) is 2.38. The first-order valence-electron chi connectivity index (χ1n) is 3.94. The van der Waals surface area contributed by atoms with Crippen molar-refractivity contribution in [3.63, 3.8) is 0 Å². The summed E-state index contributed by atoms with van der Waals surface area (Å²) >= 11 is 3.38. The molecular formula is C8H9BrN4. The summed E-state index contributed by atoms with van der Waals surface area (Å²) in [6.45, 7) is 0.751. The van der Waals surface area contributed by atoms with E-state index in [1.807, 2.05) is 23.8 Å². The van der Waals surface area contributed by atoms with Gasteiger partial charge in [0.05, 0.1) is 17.4 Å². The minimum Gasteiger partial charge on any atom is -0.314 e. The summed E-state index contributed by atoms with van der Waals surface area (Å²) < 4.78 is 2.77. The van der Waals surface area contributed by atoms with Crippen molar-refractivity contribution in [2.24, 2.45) is 0 Å². The molecule has 0 aliphatic carbocycles. The molecule has 0 unspecified atom stereocenters. The zero-order valence-corrected chi connectivity index (χ0v) is 8.74. The molecule has 0 aromatic carbocycles. The summed E-state index contributed by atoms with van der Waals surface area (Å²) in [7, 11) is 1.90. The van der Waals surface area contributed by atoms with Crippen molar-refractivity contribution >= 4 is 21.4 Å². The van der Waals surface area contributed by atoms with Crippen LogP contribution in [0.15, 0.2) is 23.3 Å². The van der Waals surface area contributed by atoms with Crippen LogP contribution in [0.5, 0.6) is 0 Å². The molecule has 4 nitrogen and oxygen atoms in total. The Balaban J connectivity index is 2.63. The minimum atomic E-state index is 0.751. The van der Waals surface area contributed by atoms with Crippen LogP contribution in [0.1, 0.15) is 5.69 Å². The molecule has 0 atom stereocenters. The standard InChI is InChI=1S/C8H9BrN4/c1-10-4-6-7-5-11-2-3-13(7)8(9)12-6/h2-3,5,10H,4H2,1H3. The molecule has 0 bridgehead atoms. The molecule has 68 valence electrons. The predicted molar refractivity (Wildman–Crippen MR) is 53.5 cm³/mol. The largest absolute Gasteiger partial charge is 0.314 e. The average molecular weight is 241 g/mol. The lowest BCUT2D eigenvalue weighted by Gasteiger charge is -1.95. The SMILES string of the molecule is CNCc1nc(Br)n2ccncc12. The number of halogens is 1. The first-order chi connectivity index (χ1) is 6.33. The Kier molecular flexibility index (Phi) is 2.28. The van der Waals surface area contributed by atoms with Gasteiger partial charge in [-0.1, -0.05) is 0 Å². The van der Waals surface area contributed by atoms with Crippen molar-refractivity contribution in [2.45, 2.75) is 6.54 Å². The summed E-state index contributed by atoms with van der Waals surface area (Å²) in [4.78, 5) is 8.42. The Hall–Kier alpha value is -0.940. The lowest BCUT2D eigenvalue weighted by atomic mass is 10.4. The molecule has 0 saturated carbocycles. The minimum absolute atomic E-state index is 0.751. The van der Waals surface area contributed by atoms with Gasteiger partial charge in [0.15, 0.2) is 4.73 Å². The zero-order chi connectivity index (χ0) is 9.26. The first-order valence-corrected chi connectivity index (χ1v) is 4.73. The number of hydrogen-bond donors (Lipinski definition) is 1. The lowest BCUT2D eigenvalue weighted by molar-refractivity contribution is 0.801. The quantitative estimate of drug-likeness (QED) is 0.859. The third-order valence-electron chi connectivity index (χ3n) is 1.82. The van der Waals surface area contributed by atoms with Gasteiger partial charge in [-0.3, -0.25) is 9.38 Å². The molecule has 13 heavy (non-hydrogen) atoms. The van der Waals surface area contributed by atoms with E-state index in [-0.39, 0.29) is 0 Å². The van der Waals surface area contributed by atoms with E-state index in [9.17, 15) is 0 Å². The van der Waals surface area contributed by atoms with Crippen LogP contribution >= 0.6 is 15.9 Å². The molecule has 0 aliphatic rings. The summed E-state index contributed by atoms with van der Waals surface area (Å²) in [6, 6.07) is 0. The van der Waals surface area contributed by atoms with Crippen LogP contribution in [0, 0.1) is 0 Å². The molecule has 2 aromatic heterocycles. The van der Waals surface area contributed by atoms with Crippen molar-refractivity contribution in [3.05, 3.63) is 29.0 Å².